The summed E-state index contributed by atoms with van der Waals surface area (Å²) in [4.78, 5) is 11.5. The fourth-order valence-electron chi connectivity index (χ4n) is 2.55. The normalized spacial score (nSPS) is 23.5. The fraction of sp³-hybridized carbons (Fsp3) is 0.562. The van der Waals surface area contributed by atoms with E-state index in [-0.39, 0.29) is 12.0 Å². The Hall–Kier alpha value is -1.35. The van der Waals surface area contributed by atoms with Crippen LogP contribution in [0.3, 0.4) is 0 Å². The molecule has 0 radical (unpaired) electrons. The van der Waals surface area contributed by atoms with Crippen molar-refractivity contribution in [3.63, 3.8) is 0 Å². The summed E-state index contributed by atoms with van der Waals surface area (Å²) in [6.07, 6.45) is 2.21. The lowest BCUT2D eigenvalue weighted by Gasteiger charge is -2.37. The van der Waals surface area contributed by atoms with E-state index in [0.717, 1.165) is 12.8 Å². The van der Waals surface area contributed by atoms with Crippen molar-refractivity contribution in [1.82, 2.24) is 5.32 Å². The van der Waals surface area contributed by atoms with Crippen LogP contribution in [0.25, 0.3) is 0 Å². The Labute approximate surface area is 115 Å². The molecule has 1 N–H and O–H groups in total. The molecule has 1 atom stereocenters. The summed E-state index contributed by atoms with van der Waals surface area (Å²) in [5, 5.41) is 3.34. The third-order valence-electron chi connectivity index (χ3n) is 3.81. The van der Waals surface area contributed by atoms with Crippen molar-refractivity contribution in [1.29, 1.82) is 0 Å². The summed E-state index contributed by atoms with van der Waals surface area (Å²) in [6, 6.07) is 8.99. The molecular weight excluding hydrogens is 238 g/mol. The van der Waals surface area contributed by atoms with Crippen molar-refractivity contribution in [3.05, 3.63) is 35.4 Å². The molecule has 3 heteroatoms. The van der Waals surface area contributed by atoms with Gasteiger partial charge < -0.3 is 10.1 Å². The molecule has 1 aliphatic carbocycles. The Morgan fingerprint density at radius 1 is 1.37 bits per heavy atom. The first-order valence-corrected chi connectivity index (χ1v) is 7.09. The van der Waals surface area contributed by atoms with Gasteiger partial charge in [0, 0.05) is 6.04 Å². The van der Waals surface area contributed by atoms with Crippen LogP contribution in [0.1, 0.15) is 43.7 Å². The standard InChI is InChI=1S/C16H23NO2/c1-4-19-16(18)12(3)17-15-9-14(10-15)13-7-5-11(2)6-8-13/h5-8,12,14-15,17H,4,9-10H2,1-3H3. The first-order valence-electron chi connectivity index (χ1n) is 7.09. The molecule has 2 rings (SSSR count). The quantitative estimate of drug-likeness (QED) is 0.828. The second-order valence-corrected chi connectivity index (χ2v) is 5.42. The van der Waals surface area contributed by atoms with Gasteiger partial charge in [-0.3, -0.25) is 4.79 Å². The monoisotopic (exact) mass is 261 g/mol. The van der Waals surface area contributed by atoms with E-state index in [0.29, 0.717) is 18.6 Å². The van der Waals surface area contributed by atoms with Crippen molar-refractivity contribution >= 4 is 5.97 Å². The van der Waals surface area contributed by atoms with Crippen LogP contribution < -0.4 is 5.32 Å². The maximum Gasteiger partial charge on any atom is 0.322 e. The average Bonchev–Trinajstić information content (AvgIpc) is 2.35. The zero-order valence-electron chi connectivity index (χ0n) is 12.0. The summed E-state index contributed by atoms with van der Waals surface area (Å²) in [7, 11) is 0. The van der Waals surface area contributed by atoms with Crippen molar-refractivity contribution < 1.29 is 9.53 Å². The van der Waals surface area contributed by atoms with Crippen LogP contribution >= 0.6 is 0 Å². The van der Waals surface area contributed by atoms with E-state index < -0.39 is 0 Å². The Morgan fingerprint density at radius 2 is 2.00 bits per heavy atom. The number of carbonyl (C=O) groups excluding carboxylic acids is 1. The van der Waals surface area contributed by atoms with Gasteiger partial charge in [0.25, 0.3) is 0 Å². The number of nitrogens with one attached hydrogen (secondary N) is 1. The zero-order valence-corrected chi connectivity index (χ0v) is 12.0. The molecule has 1 aromatic rings. The number of rotatable bonds is 5. The van der Waals surface area contributed by atoms with Gasteiger partial charge in [-0.05, 0) is 45.1 Å². The van der Waals surface area contributed by atoms with Gasteiger partial charge in [-0.15, -0.1) is 0 Å². The van der Waals surface area contributed by atoms with E-state index in [9.17, 15) is 4.79 Å². The highest BCUT2D eigenvalue weighted by Gasteiger charge is 2.32. The summed E-state index contributed by atoms with van der Waals surface area (Å²) >= 11 is 0. The van der Waals surface area contributed by atoms with Crippen LogP contribution in [-0.2, 0) is 9.53 Å². The predicted octanol–water partition coefficient (Wildman–Crippen LogP) is 2.78. The highest BCUT2D eigenvalue weighted by atomic mass is 16.5. The van der Waals surface area contributed by atoms with Crippen LogP contribution in [0.4, 0.5) is 0 Å². The highest BCUT2D eigenvalue weighted by molar-refractivity contribution is 5.75. The average molecular weight is 261 g/mol. The maximum absolute atomic E-state index is 11.5. The molecule has 19 heavy (non-hydrogen) atoms. The molecule has 0 bridgehead atoms. The maximum atomic E-state index is 11.5. The van der Waals surface area contributed by atoms with Crippen LogP contribution in [0.5, 0.6) is 0 Å². The van der Waals surface area contributed by atoms with Gasteiger partial charge in [0.2, 0.25) is 0 Å². The molecule has 1 fully saturated rings. The molecule has 0 aromatic heterocycles. The molecule has 1 saturated carbocycles. The number of hydrogen-bond acceptors (Lipinski definition) is 3. The number of aryl methyl sites for hydroxylation is 1. The Balaban J connectivity index is 1.77. The molecule has 3 nitrogen and oxygen atoms in total. The molecule has 1 aromatic carbocycles. The van der Waals surface area contributed by atoms with E-state index in [1.807, 2.05) is 13.8 Å². The highest BCUT2D eigenvalue weighted by Crippen LogP contribution is 2.37. The number of esters is 1. The molecule has 1 unspecified atom stereocenters. The van der Waals surface area contributed by atoms with Gasteiger partial charge in [0.15, 0.2) is 0 Å². The van der Waals surface area contributed by atoms with Crippen molar-refractivity contribution in [3.8, 4) is 0 Å². The van der Waals surface area contributed by atoms with Gasteiger partial charge in [0.05, 0.1) is 6.61 Å². The van der Waals surface area contributed by atoms with E-state index in [2.05, 4.69) is 36.5 Å². The van der Waals surface area contributed by atoms with E-state index >= 15 is 0 Å². The van der Waals surface area contributed by atoms with Gasteiger partial charge in [-0.25, -0.2) is 0 Å². The van der Waals surface area contributed by atoms with Crippen LogP contribution in [0.2, 0.25) is 0 Å². The fourth-order valence-corrected chi connectivity index (χ4v) is 2.55. The third kappa shape index (κ3) is 3.57. The Bertz CT molecular complexity index is 421. The largest absolute Gasteiger partial charge is 0.465 e. The lowest BCUT2D eigenvalue weighted by Crippen LogP contribution is -2.47. The number of carbonyl (C=O) groups is 1. The van der Waals surface area contributed by atoms with Gasteiger partial charge in [-0.2, -0.15) is 0 Å². The van der Waals surface area contributed by atoms with Crippen LogP contribution in [0.15, 0.2) is 24.3 Å². The smallest absolute Gasteiger partial charge is 0.322 e. The van der Waals surface area contributed by atoms with Gasteiger partial charge in [-0.1, -0.05) is 29.8 Å². The second kappa shape index (κ2) is 6.20. The van der Waals surface area contributed by atoms with Gasteiger partial charge >= 0.3 is 5.97 Å². The minimum Gasteiger partial charge on any atom is -0.465 e. The first-order chi connectivity index (χ1) is 9.10. The molecular formula is C16H23NO2. The minimum absolute atomic E-state index is 0.152. The minimum atomic E-state index is -0.205. The SMILES string of the molecule is CCOC(=O)C(C)NC1CC(c2ccc(C)cc2)C1. The zero-order chi connectivity index (χ0) is 13.8. The number of benzene rings is 1. The first kappa shape index (κ1) is 14.1. The summed E-state index contributed by atoms with van der Waals surface area (Å²) < 4.78 is 5.00. The molecule has 1 aliphatic rings. The number of ether oxygens (including phenoxy) is 1. The van der Waals surface area contributed by atoms with Gasteiger partial charge in [0.1, 0.15) is 6.04 Å². The third-order valence-corrected chi connectivity index (χ3v) is 3.81. The summed E-state index contributed by atoms with van der Waals surface area (Å²) in [5.41, 5.74) is 2.71. The summed E-state index contributed by atoms with van der Waals surface area (Å²) in [5.74, 6) is 0.480. The molecule has 0 amide bonds. The van der Waals surface area contributed by atoms with Crippen LogP contribution in [0, 0.1) is 6.92 Å². The summed E-state index contributed by atoms with van der Waals surface area (Å²) in [6.45, 7) is 6.26. The van der Waals surface area contributed by atoms with Crippen molar-refractivity contribution in [2.75, 3.05) is 6.61 Å². The molecule has 0 aliphatic heterocycles. The Morgan fingerprint density at radius 3 is 2.58 bits per heavy atom. The second-order valence-electron chi connectivity index (χ2n) is 5.42. The van der Waals surface area contributed by atoms with E-state index in [4.69, 9.17) is 4.74 Å². The van der Waals surface area contributed by atoms with Crippen molar-refractivity contribution in [2.45, 2.75) is 51.6 Å². The molecule has 104 valence electrons. The Kier molecular flexibility index (Phi) is 4.59. The van der Waals surface area contributed by atoms with Crippen LogP contribution in [-0.4, -0.2) is 24.7 Å². The molecule has 0 heterocycles. The van der Waals surface area contributed by atoms with E-state index in [1.54, 1.807) is 0 Å². The molecule has 0 saturated heterocycles. The lowest BCUT2D eigenvalue weighted by molar-refractivity contribution is -0.145. The lowest BCUT2D eigenvalue weighted by atomic mass is 9.75. The van der Waals surface area contributed by atoms with E-state index in [1.165, 1.54) is 11.1 Å². The number of hydrogen-bond donors (Lipinski definition) is 1. The predicted molar refractivity (Wildman–Crippen MR) is 76.2 cm³/mol. The van der Waals surface area contributed by atoms with Crippen molar-refractivity contribution in [2.24, 2.45) is 0 Å². The topological polar surface area (TPSA) is 38.3 Å². The molecule has 0 spiro atoms.